The lowest BCUT2D eigenvalue weighted by molar-refractivity contribution is 0.00529. The summed E-state index contributed by atoms with van der Waals surface area (Å²) in [5.41, 5.74) is 8.02. The number of ether oxygens (including phenoxy) is 1. The molecule has 1 saturated heterocycles. The van der Waals surface area contributed by atoms with Crippen LogP contribution in [0.3, 0.4) is 0 Å². The fourth-order valence-electron chi connectivity index (χ4n) is 2.63. The molecular formula is C16H20ClN5O. The minimum Gasteiger partial charge on any atom is -0.375 e. The van der Waals surface area contributed by atoms with Gasteiger partial charge < -0.3 is 19.9 Å². The Balaban J connectivity index is 1.81. The fourth-order valence-corrected chi connectivity index (χ4v) is 2.86. The Hall–Kier alpha value is -2.05. The van der Waals surface area contributed by atoms with E-state index in [1.54, 1.807) is 12.5 Å². The van der Waals surface area contributed by atoms with Gasteiger partial charge in [-0.2, -0.15) is 0 Å². The molecule has 1 unspecified atom stereocenters. The van der Waals surface area contributed by atoms with Gasteiger partial charge in [0.05, 0.1) is 31.3 Å². The highest BCUT2D eigenvalue weighted by Gasteiger charge is 2.18. The Labute approximate surface area is 140 Å². The highest BCUT2D eigenvalue weighted by atomic mass is 35.5. The van der Waals surface area contributed by atoms with Crippen LogP contribution in [0.5, 0.6) is 0 Å². The average Bonchev–Trinajstić information content (AvgIpc) is 3.07. The SMILES string of the molecule is CC1CN(C(N)=NCc2c(Cl)cccc2-n2ccnc2)CCO1. The number of hydrogen-bond donors (Lipinski definition) is 1. The first kappa shape index (κ1) is 15.8. The van der Waals surface area contributed by atoms with Crippen LogP contribution < -0.4 is 5.73 Å². The number of nitrogens with two attached hydrogens (primary N) is 1. The Morgan fingerprint density at radius 3 is 3.13 bits per heavy atom. The van der Waals surface area contributed by atoms with Crippen LogP contribution in [-0.2, 0) is 11.3 Å². The van der Waals surface area contributed by atoms with E-state index in [9.17, 15) is 0 Å². The predicted molar refractivity (Wildman–Crippen MR) is 90.9 cm³/mol. The second kappa shape index (κ2) is 7.02. The summed E-state index contributed by atoms with van der Waals surface area (Å²) in [5.74, 6) is 0.525. The normalized spacial score (nSPS) is 19.1. The van der Waals surface area contributed by atoms with Gasteiger partial charge in [-0.05, 0) is 19.1 Å². The van der Waals surface area contributed by atoms with Crippen LogP contribution in [0, 0.1) is 0 Å². The molecule has 122 valence electrons. The van der Waals surface area contributed by atoms with E-state index in [0.29, 0.717) is 24.1 Å². The molecule has 2 aromatic rings. The van der Waals surface area contributed by atoms with Crippen LogP contribution in [0.15, 0.2) is 41.9 Å². The van der Waals surface area contributed by atoms with Gasteiger partial charge in [0.2, 0.25) is 0 Å². The second-order valence-electron chi connectivity index (χ2n) is 5.51. The summed E-state index contributed by atoms with van der Waals surface area (Å²) in [4.78, 5) is 10.7. The van der Waals surface area contributed by atoms with Crippen molar-refractivity contribution < 1.29 is 4.74 Å². The molecule has 2 N–H and O–H groups in total. The number of nitrogens with zero attached hydrogens (tertiary/aromatic N) is 4. The average molecular weight is 334 g/mol. The molecule has 0 aliphatic carbocycles. The second-order valence-corrected chi connectivity index (χ2v) is 5.92. The lowest BCUT2D eigenvalue weighted by Gasteiger charge is -2.31. The van der Waals surface area contributed by atoms with Crippen LogP contribution in [0.1, 0.15) is 12.5 Å². The number of hydrogen-bond acceptors (Lipinski definition) is 3. The zero-order valence-corrected chi connectivity index (χ0v) is 13.8. The van der Waals surface area contributed by atoms with Crippen molar-refractivity contribution in [2.75, 3.05) is 19.7 Å². The minimum absolute atomic E-state index is 0.166. The molecule has 0 radical (unpaired) electrons. The fraction of sp³-hybridized carbons (Fsp3) is 0.375. The molecule has 7 heteroatoms. The van der Waals surface area contributed by atoms with E-state index < -0.39 is 0 Å². The highest BCUT2D eigenvalue weighted by molar-refractivity contribution is 6.31. The molecule has 3 rings (SSSR count). The third-order valence-corrected chi connectivity index (χ3v) is 4.20. The molecule has 0 amide bonds. The number of rotatable bonds is 3. The Morgan fingerprint density at radius 2 is 2.39 bits per heavy atom. The van der Waals surface area contributed by atoms with Gasteiger partial charge in [0.15, 0.2) is 5.96 Å². The molecule has 1 fully saturated rings. The van der Waals surface area contributed by atoms with Gasteiger partial charge in [-0.25, -0.2) is 9.98 Å². The van der Waals surface area contributed by atoms with Crippen LogP contribution in [0.25, 0.3) is 5.69 Å². The molecule has 6 nitrogen and oxygen atoms in total. The summed E-state index contributed by atoms with van der Waals surface area (Å²) in [6, 6.07) is 5.77. The molecule has 1 aliphatic heterocycles. The summed E-state index contributed by atoms with van der Waals surface area (Å²) in [6.45, 7) is 4.64. The maximum Gasteiger partial charge on any atom is 0.191 e. The van der Waals surface area contributed by atoms with Crippen LogP contribution in [-0.4, -0.2) is 46.2 Å². The number of guanidine groups is 1. The van der Waals surface area contributed by atoms with Gasteiger partial charge in [0, 0.05) is 36.1 Å². The molecule has 1 aromatic heterocycles. The maximum absolute atomic E-state index is 6.36. The van der Waals surface area contributed by atoms with E-state index in [0.717, 1.165) is 24.3 Å². The van der Waals surface area contributed by atoms with Gasteiger partial charge in [-0.1, -0.05) is 17.7 Å². The number of aromatic nitrogens is 2. The van der Waals surface area contributed by atoms with E-state index in [4.69, 9.17) is 22.1 Å². The van der Waals surface area contributed by atoms with Crippen molar-refractivity contribution >= 4 is 17.6 Å². The van der Waals surface area contributed by atoms with Gasteiger partial charge in [-0.3, -0.25) is 0 Å². The summed E-state index contributed by atoms with van der Waals surface area (Å²) in [5, 5.41) is 0.670. The molecule has 23 heavy (non-hydrogen) atoms. The number of imidazole rings is 1. The Morgan fingerprint density at radius 1 is 1.52 bits per heavy atom. The minimum atomic E-state index is 0.166. The van der Waals surface area contributed by atoms with Gasteiger partial charge in [-0.15, -0.1) is 0 Å². The van der Waals surface area contributed by atoms with Crippen LogP contribution in [0.4, 0.5) is 0 Å². The standard InChI is InChI=1S/C16H20ClN5O/c1-12-10-21(7-8-23-12)16(18)20-9-13-14(17)3-2-4-15(13)22-6-5-19-11-22/h2-6,11-12H,7-10H2,1H3,(H2,18,20). The van der Waals surface area contributed by atoms with Crippen molar-refractivity contribution in [1.82, 2.24) is 14.5 Å². The first-order chi connectivity index (χ1) is 11.1. The predicted octanol–water partition coefficient (Wildman–Crippen LogP) is 2.06. The summed E-state index contributed by atoms with van der Waals surface area (Å²) >= 11 is 6.36. The van der Waals surface area contributed by atoms with Crippen molar-refractivity contribution in [2.24, 2.45) is 10.7 Å². The monoisotopic (exact) mass is 333 g/mol. The third-order valence-electron chi connectivity index (χ3n) is 3.84. The van der Waals surface area contributed by atoms with Gasteiger partial charge in [0.1, 0.15) is 0 Å². The highest BCUT2D eigenvalue weighted by Crippen LogP contribution is 2.24. The summed E-state index contributed by atoms with van der Waals surface area (Å²) in [6.07, 6.45) is 5.52. The zero-order valence-electron chi connectivity index (χ0n) is 13.0. The third kappa shape index (κ3) is 3.65. The molecule has 2 heterocycles. The molecular weight excluding hydrogens is 314 g/mol. The molecule has 0 bridgehead atoms. The molecule has 1 atom stereocenters. The first-order valence-electron chi connectivity index (χ1n) is 7.57. The van der Waals surface area contributed by atoms with Crippen molar-refractivity contribution in [3.63, 3.8) is 0 Å². The van der Waals surface area contributed by atoms with E-state index in [1.165, 1.54) is 0 Å². The van der Waals surface area contributed by atoms with E-state index in [-0.39, 0.29) is 6.10 Å². The quantitative estimate of drug-likeness (QED) is 0.689. The molecule has 0 saturated carbocycles. The van der Waals surface area contributed by atoms with Gasteiger partial charge >= 0.3 is 0 Å². The van der Waals surface area contributed by atoms with Crippen molar-refractivity contribution in [1.29, 1.82) is 0 Å². The molecule has 1 aromatic carbocycles. The van der Waals surface area contributed by atoms with Gasteiger partial charge in [0.25, 0.3) is 0 Å². The van der Waals surface area contributed by atoms with Crippen molar-refractivity contribution in [3.05, 3.63) is 47.5 Å². The van der Waals surface area contributed by atoms with E-state index in [1.807, 2.05) is 40.8 Å². The lowest BCUT2D eigenvalue weighted by Crippen LogP contribution is -2.47. The van der Waals surface area contributed by atoms with Crippen LogP contribution >= 0.6 is 11.6 Å². The molecule has 0 spiro atoms. The number of benzene rings is 1. The number of morpholine rings is 1. The Kier molecular flexibility index (Phi) is 4.83. The topological polar surface area (TPSA) is 68.7 Å². The number of halogens is 1. The zero-order chi connectivity index (χ0) is 16.2. The van der Waals surface area contributed by atoms with Crippen molar-refractivity contribution in [2.45, 2.75) is 19.6 Å². The summed E-state index contributed by atoms with van der Waals surface area (Å²) < 4.78 is 7.44. The lowest BCUT2D eigenvalue weighted by atomic mass is 10.1. The smallest absolute Gasteiger partial charge is 0.191 e. The van der Waals surface area contributed by atoms with Crippen LogP contribution in [0.2, 0.25) is 5.02 Å². The first-order valence-corrected chi connectivity index (χ1v) is 7.95. The molecule has 1 aliphatic rings. The summed E-state index contributed by atoms with van der Waals surface area (Å²) in [7, 11) is 0. The van der Waals surface area contributed by atoms with Crippen molar-refractivity contribution in [3.8, 4) is 5.69 Å². The number of aliphatic imine (C=N–C) groups is 1. The Bertz CT molecular complexity index is 686. The largest absolute Gasteiger partial charge is 0.375 e. The van der Waals surface area contributed by atoms with E-state index >= 15 is 0 Å². The maximum atomic E-state index is 6.36. The van der Waals surface area contributed by atoms with E-state index in [2.05, 4.69) is 9.98 Å².